The summed E-state index contributed by atoms with van der Waals surface area (Å²) < 4.78 is 0. The Kier molecular flexibility index (Phi) is 6.36. The highest BCUT2D eigenvalue weighted by Crippen LogP contribution is 2.10. The molecule has 0 saturated carbocycles. The van der Waals surface area contributed by atoms with Gasteiger partial charge in [0.25, 0.3) is 0 Å². The summed E-state index contributed by atoms with van der Waals surface area (Å²) in [4.78, 5) is 7.31. The number of aromatic nitrogens is 1. The lowest BCUT2D eigenvalue weighted by Gasteiger charge is -2.30. The first-order valence-electron chi connectivity index (χ1n) is 7.09. The molecule has 112 valence electrons. The van der Waals surface area contributed by atoms with Crippen LogP contribution in [-0.2, 0) is 0 Å². The topological polar surface area (TPSA) is 54.2 Å². The van der Waals surface area contributed by atoms with E-state index in [1.807, 2.05) is 19.1 Å². The zero-order chi connectivity index (χ0) is 15.3. The van der Waals surface area contributed by atoms with Crippen LogP contribution in [0.15, 0.2) is 12.1 Å². The average Bonchev–Trinajstić information content (AvgIpc) is 2.32. The summed E-state index contributed by atoms with van der Waals surface area (Å²) in [6.07, 6.45) is 0. The van der Waals surface area contributed by atoms with Crippen molar-refractivity contribution in [3.63, 3.8) is 0 Å². The molecule has 1 aromatic rings. The van der Waals surface area contributed by atoms with Gasteiger partial charge in [0.2, 0.25) is 0 Å². The molecule has 0 aliphatic rings. The smallest absolute Gasteiger partial charge is 0.126 e. The highest BCUT2D eigenvalue weighted by molar-refractivity contribution is 7.80. The summed E-state index contributed by atoms with van der Waals surface area (Å²) >= 11 is 5.02. The van der Waals surface area contributed by atoms with E-state index in [0.717, 1.165) is 30.2 Å². The van der Waals surface area contributed by atoms with E-state index >= 15 is 0 Å². The van der Waals surface area contributed by atoms with Crippen LogP contribution in [0.25, 0.3) is 0 Å². The predicted octanol–water partition coefficient (Wildman–Crippen LogP) is 2.55. The van der Waals surface area contributed by atoms with Crippen molar-refractivity contribution >= 4 is 23.0 Å². The zero-order valence-corrected chi connectivity index (χ0v) is 13.9. The molecule has 1 heterocycles. The Morgan fingerprint density at radius 2 is 1.90 bits per heavy atom. The largest absolute Gasteiger partial charge is 0.389 e. The van der Waals surface area contributed by atoms with Crippen molar-refractivity contribution in [2.75, 3.05) is 18.4 Å². The van der Waals surface area contributed by atoms with Crippen molar-refractivity contribution in [2.24, 2.45) is 5.73 Å². The molecule has 0 amide bonds. The standard InChI is InChI=1S/C15H26N4S/c1-10(2)19(11(3)4)7-6-17-14-9-13(15(16)20)8-12(5)18-14/h8-11H,6-7H2,1-5H3,(H2,16,20)(H,17,18). The van der Waals surface area contributed by atoms with Gasteiger partial charge in [-0.15, -0.1) is 0 Å². The number of pyridine rings is 1. The van der Waals surface area contributed by atoms with E-state index in [1.165, 1.54) is 0 Å². The predicted molar refractivity (Wildman–Crippen MR) is 90.3 cm³/mol. The van der Waals surface area contributed by atoms with Gasteiger partial charge in [0.1, 0.15) is 10.8 Å². The normalized spacial score (nSPS) is 11.4. The Morgan fingerprint density at radius 3 is 2.40 bits per heavy atom. The zero-order valence-electron chi connectivity index (χ0n) is 13.1. The van der Waals surface area contributed by atoms with E-state index in [1.54, 1.807) is 0 Å². The number of hydrogen-bond acceptors (Lipinski definition) is 4. The van der Waals surface area contributed by atoms with Crippen LogP contribution < -0.4 is 11.1 Å². The van der Waals surface area contributed by atoms with E-state index in [0.29, 0.717) is 17.1 Å². The SMILES string of the molecule is Cc1cc(C(N)=S)cc(NCCN(C(C)C)C(C)C)n1. The van der Waals surface area contributed by atoms with Gasteiger partial charge in [-0.05, 0) is 46.8 Å². The van der Waals surface area contributed by atoms with E-state index in [2.05, 4.69) is 42.9 Å². The molecule has 0 spiro atoms. The van der Waals surface area contributed by atoms with Crippen LogP contribution in [0.5, 0.6) is 0 Å². The number of aryl methyl sites for hydroxylation is 1. The summed E-state index contributed by atoms with van der Waals surface area (Å²) in [5.74, 6) is 0.834. The minimum atomic E-state index is 0.407. The highest BCUT2D eigenvalue weighted by atomic mass is 32.1. The quantitative estimate of drug-likeness (QED) is 0.757. The van der Waals surface area contributed by atoms with Crippen LogP contribution in [0, 0.1) is 6.92 Å². The Labute approximate surface area is 127 Å². The molecule has 3 N–H and O–H groups in total. The van der Waals surface area contributed by atoms with Crippen LogP contribution in [0.4, 0.5) is 5.82 Å². The number of nitrogens with two attached hydrogens (primary N) is 1. The number of thiocarbonyl (C=S) groups is 1. The fraction of sp³-hybridized carbons (Fsp3) is 0.600. The fourth-order valence-electron chi connectivity index (χ4n) is 2.33. The monoisotopic (exact) mass is 294 g/mol. The van der Waals surface area contributed by atoms with Gasteiger partial charge in [-0.25, -0.2) is 4.98 Å². The van der Waals surface area contributed by atoms with Gasteiger partial charge in [-0.3, -0.25) is 4.90 Å². The lowest BCUT2D eigenvalue weighted by molar-refractivity contribution is 0.182. The van der Waals surface area contributed by atoms with Crippen LogP contribution >= 0.6 is 12.2 Å². The molecule has 0 fully saturated rings. The van der Waals surface area contributed by atoms with E-state index in [4.69, 9.17) is 18.0 Å². The molecule has 0 unspecified atom stereocenters. The van der Waals surface area contributed by atoms with Crippen molar-refractivity contribution in [1.82, 2.24) is 9.88 Å². The third-order valence-corrected chi connectivity index (χ3v) is 3.48. The molecule has 0 aliphatic carbocycles. The van der Waals surface area contributed by atoms with Gasteiger partial charge in [-0.2, -0.15) is 0 Å². The maximum Gasteiger partial charge on any atom is 0.126 e. The fourth-order valence-corrected chi connectivity index (χ4v) is 2.44. The molecule has 0 saturated heterocycles. The van der Waals surface area contributed by atoms with Crippen LogP contribution in [-0.4, -0.2) is 40.0 Å². The molecule has 1 rings (SSSR count). The maximum atomic E-state index is 5.68. The summed E-state index contributed by atoms with van der Waals surface area (Å²) in [5.41, 5.74) is 7.46. The molecule has 20 heavy (non-hydrogen) atoms. The van der Waals surface area contributed by atoms with Crippen LogP contribution in [0.1, 0.15) is 39.0 Å². The Bertz CT molecular complexity index is 449. The van der Waals surface area contributed by atoms with Gasteiger partial charge in [-0.1, -0.05) is 12.2 Å². The van der Waals surface area contributed by atoms with Gasteiger partial charge in [0, 0.05) is 36.4 Å². The van der Waals surface area contributed by atoms with Crippen molar-refractivity contribution in [2.45, 2.75) is 46.7 Å². The molecule has 5 heteroatoms. The minimum Gasteiger partial charge on any atom is -0.389 e. The molecule has 4 nitrogen and oxygen atoms in total. The number of anilines is 1. The summed E-state index contributed by atoms with van der Waals surface area (Å²) in [6.45, 7) is 12.6. The molecule has 0 bridgehead atoms. The van der Waals surface area contributed by atoms with Crippen molar-refractivity contribution in [1.29, 1.82) is 0 Å². The summed E-state index contributed by atoms with van der Waals surface area (Å²) in [6, 6.07) is 4.89. The van der Waals surface area contributed by atoms with Gasteiger partial charge < -0.3 is 11.1 Å². The highest BCUT2D eigenvalue weighted by Gasteiger charge is 2.12. The molecular formula is C15H26N4S. The first-order valence-corrected chi connectivity index (χ1v) is 7.50. The third kappa shape index (κ3) is 5.06. The molecule has 0 radical (unpaired) electrons. The molecule has 0 aliphatic heterocycles. The lowest BCUT2D eigenvalue weighted by Crippen LogP contribution is -2.40. The first kappa shape index (κ1) is 16.9. The van der Waals surface area contributed by atoms with E-state index in [9.17, 15) is 0 Å². The Hall–Kier alpha value is -1.20. The third-order valence-electron chi connectivity index (χ3n) is 3.24. The first-order chi connectivity index (χ1) is 9.31. The average molecular weight is 294 g/mol. The second kappa shape index (κ2) is 7.55. The molecule has 0 atom stereocenters. The van der Waals surface area contributed by atoms with Gasteiger partial charge in [0.05, 0.1) is 0 Å². The van der Waals surface area contributed by atoms with Crippen molar-refractivity contribution in [3.05, 3.63) is 23.4 Å². The lowest BCUT2D eigenvalue weighted by atomic mass is 10.2. The van der Waals surface area contributed by atoms with E-state index < -0.39 is 0 Å². The minimum absolute atomic E-state index is 0.407. The second-order valence-electron chi connectivity index (χ2n) is 5.60. The molecule has 1 aromatic heterocycles. The number of nitrogens with zero attached hydrogens (tertiary/aromatic N) is 2. The van der Waals surface area contributed by atoms with Gasteiger partial charge in [0.15, 0.2) is 0 Å². The van der Waals surface area contributed by atoms with Crippen molar-refractivity contribution < 1.29 is 0 Å². The number of nitrogens with one attached hydrogen (secondary N) is 1. The maximum absolute atomic E-state index is 5.68. The van der Waals surface area contributed by atoms with Crippen molar-refractivity contribution in [3.8, 4) is 0 Å². The Morgan fingerprint density at radius 1 is 1.30 bits per heavy atom. The number of hydrogen-bond donors (Lipinski definition) is 2. The Balaban J connectivity index is 2.64. The number of rotatable bonds is 7. The van der Waals surface area contributed by atoms with E-state index in [-0.39, 0.29) is 0 Å². The summed E-state index contributed by atoms with van der Waals surface area (Å²) in [7, 11) is 0. The second-order valence-corrected chi connectivity index (χ2v) is 6.04. The van der Waals surface area contributed by atoms with Gasteiger partial charge >= 0.3 is 0 Å². The van der Waals surface area contributed by atoms with Crippen LogP contribution in [0.3, 0.4) is 0 Å². The summed E-state index contributed by atoms with van der Waals surface area (Å²) in [5, 5.41) is 3.35. The molecule has 0 aromatic carbocycles. The molecular weight excluding hydrogens is 268 g/mol. The van der Waals surface area contributed by atoms with Crippen LogP contribution in [0.2, 0.25) is 0 Å².